The van der Waals surface area contributed by atoms with Crippen molar-refractivity contribution in [3.8, 4) is 11.6 Å². The van der Waals surface area contributed by atoms with Crippen LogP contribution in [0.5, 0.6) is 11.6 Å². The minimum absolute atomic E-state index is 0.594. The Morgan fingerprint density at radius 2 is 1.90 bits per heavy atom. The molecule has 21 heavy (non-hydrogen) atoms. The average Bonchev–Trinajstić information content (AvgIpc) is 2.42. The Bertz CT molecular complexity index is 587. The van der Waals surface area contributed by atoms with Crippen molar-refractivity contribution in [2.45, 2.75) is 40.5 Å². The van der Waals surface area contributed by atoms with Crippen LogP contribution in [0.1, 0.15) is 37.2 Å². The quantitative estimate of drug-likeness (QED) is 0.861. The number of anilines is 1. The molecule has 0 saturated heterocycles. The summed E-state index contributed by atoms with van der Waals surface area (Å²) in [6.07, 6.45) is 1.86. The SMILES string of the molecule is CCCc1nc(NCC)cc(Oc2ccc(C)cc2C)n1. The molecule has 0 unspecified atom stereocenters. The summed E-state index contributed by atoms with van der Waals surface area (Å²) >= 11 is 0. The first kappa shape index (κ1) is 15.3. The van der Waals surface area contributed by atoms with E-state index in [4.69, 9.17) is 4.74 Å². The van der Waals surface area contributed by atoms with Crippen LogP contribution in [0.2, 0.25) is 0 Å². The van der Waals surface area contributed by atoms with Crippen molar-refractivity contribution < 1.29 is 4.74 Å². The summed E-state index contributed by atoms with van der Waals surface area (Å²) in [6.45, 7) is 9.11. The van der Waals surface area contributed by atoms with Crippen molar-refractivity contribution in [3.63, 3.8) is 0 Å². The second-order valence-electron chi connectivity index (χ2n) is 5.16. The summed E-state index contributed by atoms with van der Waals surface area (Å²) in [5, 5.41) is 3.23. The molecule has 0 aliphatic rings. The number of aromatic nitrogens is 2. The molecule has 0 aliphatic carbocycles. The van der Waals surface area contributed by atoms with Gasteiger partial charge in [-0.1, -0.05) is 24.6 Å². The summed E-state index contributed by atoms with van der Waals surface area (Å²) in [5.41, 5.74) is 2.33. The van der Waals surface area contributed by atoms with Crippen LogP contribution >= 0.6 is 0 Å². The fourth-order valence-corrected chi connectivity index (χ4v) is 2.16. The van der Waals surface area contributed by atoms with Crippen LogP contribution in [0, 0.1) is 13.8 Å². The first-order valence-electron chi connectivity index (χ1n) is 7.49. The van der Waals surface area contributed by atoms with Crippen molar-refractivity contribution in [2.24, 2.45) is 0 Å². The molecule has 0 radical (unpaired) electrons. The largest absolute Gasteiger partial charge is 0.439 e. The number of ether oxygens (including phenoxy) is 1. The van der Waals surface area contributed by atoms with Crippen LogP contribution < -0.4 is 10.1 Å². The normalized spacial score (nSPS) is 10.5. The Kier molecular flexibility index (Phi) is 5.14. The lowest BCUT2D eigenvalue weighted by atomic mass is 10.1. The maximum Gasteiger partial charge on any atom is 0.224 e. The molecule has 0 spiro atoms. The molecule has 4 heteroatoms. The van der Waals surface area contributed by atoms with Crippen molar-refractivity contribution in [2.75, 3.05) is 11.9 Å². The maximum atomic E-state index is 5.95. The van der Waals surface area contributed by atoms with Crippen molar-refractivity contribution in [3.05, 3.63) is 41.2 Å². The van der Waals surface area contributed by atoms with Gasteiger partial charge in [-0.15, -0.1) is 0 Å². The van der Waals surface area contributed by atoms with E-state index < -0.39 is 0 Å². The summed E-state index contributed by atoms with van der Waals surface area (Å²) in [7, 11) is 0. The summed E-state index contributed by atoms with van der Waals surface area (Å²) in [5.74, 6) is 3.06. The van der Waals surface area contributed by atoms with Gasteiger partial charge in [0.25, 0.3) is 0 Å². The summed E-state index contributed by atoms with van der Waals surface area (Å²) in [4.78, 5) is 8.98. The molecule has 1 aromatic heterocycles. The van der Waals surface area contributed by atoms with E-state index >= 15 is 0 Å². The van der Waals surface area contributed by atoms with E-state index in [1.165, 1.54) is 5.56 Å². The van der Waals surface area contributed by atoms with Crippen molar-refractivity contribution >= 4 is 5.82 Å². The van der Waals surface area contributed by atoms with Gasteiger partial charge in [-0.25, -0.2) is 4.98 Å². The standard InChI is InChI=1S/C17H23N3O/c1-5-7-15-19-16(18-6-2)11-17(20-15)21-14-9-8-12(3)10-13(14)4/h8-11H,5-7H2,1-4H3,(H,18,19,20). The predicted octanol–water partition coefficient (Wildman–Crippen LogP) is 4.27. The number of hydrogen-bond donors (Lipinski definition) is 1. The lowest BCUT2D eigenvalue weighted by molar-refractivity contribution is 0.455. The molecule has 2 aromatic rings. The first-order valence-corrected chi connectivity index (χ1v) is 7.49. The Hall–Kier alpha value is -2.10. The molecule has 0 saturated carbocycles. The fourth-order valence-electron chi connectivity index (χ4n) is 2.16. The van der Waals surface area contributed by atoms with Gasteiger partial charge in [-0.05, 0) is 38.8 Å². The molecule has 1 N–H and O–H groups in total. The van der Waals surface area contributed by atoms with Crippen LogP contribution in [0.3, 0.4) is 0 Å². The van der Waals surface area contributed by atoms with E-state index in [1.807, 2.05) is 32.0 Å². The van der Waals surface area contributed by atoms with Gasteiger partial charge in [0, 0.05) is 19.0 Å². The molecule has 1 heterocycles. The number of rotatable bonds is 6. The fraction of sp³-hybridized carbons (Fsp3) is 0.412. The van der Waals surface area contributed by atoms with Crippen molar-refractivity contribution in [1.29, 1.82) is 0 Å². The van der Waals surface area contributed by atoms with Crippen LogP contribution in [0.4, 0.5) is 5.82 Å². The third-order valence-electron chi connectivity index (χ3n) is 3.13. The first-order chi connectivity index (χ1) is 10.1. The van der Waals surface area contributed by atoms with Crippen LogP contribution in [-0.4, -0.2) is 16.5 Å². The van der Waals surface area contributed by atoms with Gasteiger partial charge in [0.2, 0.25) is 5.88 Å². The zero-order chi connectivity index (χ0) is 15.2. The third kappa shape index (κ3) is 4.18. The van der Waals surface area contributed by atoms with Gasteiger partial charge in [0.05, 0.1) is 0 Å². The lowest BCUT2D eigenvalue weighted by Crippen LogP contribution is -2.05. The van der Waals surface area contributed by atoms with E-state index in [1.54, 1.807) is 0 Å². The van der Waals surface area contributed by atoms with Gasteiger partial charge >= 0.3 is 0 Å². The van der Waals surface area contributed by atoms with E-state index in [2.05, 4.69) is 35.2 Å². The Balaban J connectivity index is 2.29. The summed E-state index contributed by atoms with van der Waals surface area (Å²) in [6, 6.07) is 7.98. The molecule has 4 nitrogen and oxygen atoms in total. The molecule has 112 valence electrons. The number of hydrogen-bond acceptors (Lipinski definition) is 4. The number of nitrogens with one attached hydrogen (secondary N) is 1. The highest BCUT2D eigenvalue weighted by molar-refractivity contribution is 5.42. The second kappa shape index (κ2) is 7.07. The van der Waals surface area contributed by atoms with E-state index in [0.29, 0.717) is 5.88 Å². The van der Waals surface area contributed by atoms with E-state index in [9.17, 15) is 0 Å². The maximum absolute atomic E-state index is 5.95. The van der Waals surface area contributed by atoms with Gasteiger partial charge < -0.3 is 10.1 Å². The number of benzene rings is 1. The molecule has 0 atom stereocenters. The smallest absolute Gasteiger partial charge is 0.224 e. The van der Waals surface area contributed by atoms with Crippen molar-refractivity contribution in [1.82, 2.24) is 9.97 Å². The van der Waals surface area contributed by atoms with Crippen LogP contribution in [0.25, 0.3) is 0 Å². The monoisotopic (exact) mass is 285 g/mol. The predicted molar refractivity (Wildman–Crippen MR) is 86.2 cm³/mol. The molecule has 2 rings (SSSR count). The highest BCUT2D eigenvalue weighted by atomic mass is 16.5. The molecule has 0 aliphatic heterocycles. The van der Waals surface area contributed by atoms with E-state index in [-0.39, 0.29) is 0 Å². The Morgan fingerprint density at radius 1 is 1.10 bits per heavy atom. The van der Waals surface area contributed by atoms with E-state index in [0.717, 1.165) is 42.3 Å². The number of nitrogens with zero attached hydrogens (tertiary/aromatic N) is 2. The molecule has 0 amide bonds. The average molecular weight is 285 g/mol. The van der Waals surface area contributed by atoms with Crippen LogP contribution in [0.15, 0.2) is 24.3 Å². The molecular formula is C17H23N3O. The minimum atomic E-state index is 0.594. The molecule has 0 fully saturated rings. The Labute approximate surface area is 126 Å². The summed E-state index contributed by atoms with van der Waals surface area (Å²) < 4.78 is 5.95. The zero-order valence-corrected chi connectivity index (χ0v) is 13.2. The van der Waals surface area contributed by atoms with Gasteiger partial charge in [0.1, 0.15) is 17.4 Å². The Morgan fingerprint density at radius 3 is 2.57 bits per heavy atom. The zero-order valence-electron chi connectivity index (χ0n) is 13.2. The minimum Gasteiger partial charge on any atom is -0.439 e. The topological polar surface area (TPSA) is 47.0 Å². The van der Waals surface area contributed by atoms with Gasteiger partial charge in [-0.2, -0.15) is 4.98 Å². The highest BCUT2D eigenvalue weighted by Crippen LogP contribution is 2.26. The highest BCUT2D eigenvalue weighted by Gasteiger charge is 2.07. The molecular weight excluding hydrogens is 262 g/mol. The molecule has 1 aromatic carbocycles. The third-order valence-corrected chi connectivity index (χ3v) is 3.13. The number of aryl methyl sites for hydroxylation is 3. The van der Waals surface area contributed by atoms with Gasteiger partial charge in [-0.3, -0.25) is 0 Å². The molecule has 0 bridgehead atoms. The van der Waals surface area contributed by atoms with Crippen LogP contribution in [-0.2, 0) is 6.42 Å². The lowest BCUT2D eigenvalue weighted by Gasteiger charge is -2.11. The van der Waals surface area contributed by atoms with Gasteiger partial charge in [0.15, 0.2) is 0 Å². The second-order valence-corrected chi connectivity index (χ2v) is 5.16.